The van der Waals surface area contributed by atoms with Gasteiger partial charge in [-0.05, 0) is 32.6 Å². The van der Waals surface area contributed by atoms with Gasteiger partial charge in [0, 0.05) is 17.6 Å². The van der Waals surface area contributed by atoms with Gasteiger partial charge in [0.15, 0.2) is 0 Å². The van der Waals surface area contributed by atoms with E-state index in [-0.39, 0.29) is 17.9 Å². The summed E-state index contributed by atoms with van der Waals surface area (Å²) < 4.78 is 9.56. The highest BCUT2D eigenvalue weighted by Gasteiger charge is 2.25. The van der Waals surface area contributed by atoms with Crippen molar-refractivity contribution in [2.24, 2.45) is 4.99 Å². The highest BCUT2D eigenvalue weighted by atomic mass is 15.3. The average molecular weight is 289 g/mol. The Bertz CT molecular complexity index is 732. The largest absolute Gasteiger partial charge is 0.310 e. The zero-order chi connectivity index (χ0) is 15.9. The normalized spacial score (nSPS) is 23.8. The fourth-order valence-electron chi connectivity index (χ4n) is 2.67. The molecule has 3 heterocycles. The van der Waals surface area contributed by atoms with Crippen LogP contribution in [0.25, 0.3) is 5.65 Å². The maximum Gasteiger partial charge on any atom is 0.225 e. The molecule has 2 aromatic heterocycles. The van der Waals surface area contributed by atoms with Gasteiger partial charge in [-0.25, -0.2) is 14.5 Å². The Morgan fingerprint density at radius 1 is 1.52 bits per heavy atom. The van der Waals surface area contributed by atoms with Crippen molar-refractivity contribution in [2.75, 3.05) is 6.54 Å². The molecule has 1 fully saturated rings. The van der Waals surface area contributed by atoms with E-state index < -0.39 is 0 Å². The third-order valence-electron chi connectivity index (χ3n) is 4.12. The third-order valence-corrected chi connectivity index (χ3v) is 4.12. The molecule has 6 heteroatoms. The number of H-pyrrole nitrogens is 1. The zero-order valence-electron chi connectivity index (χ0n) is 14.1. The molecule has 2 aromatic rings. The highest BCUT2D eigenvalue weighted by molar-refractivity contribution is 5.46. The molecule has 21 heavy (non-hydrogen) atoms. The minimum absolute atomic E-state index is 0.114. The van der Waals surface area contributed by atoms with Gasteiger partial charge in [-0.3, -0.25) is 0 Å². The summed E-state index contributed by atoms with van der Waals surface area (Å²) in [7, 11) is 0. The van der Waals surface area contributed by atoms with Crippen LogP contribution >= 0.6 is 0 Å². The molecular weight excluding hydrogens is 264 g/mol. The van der Waals surface area contributed by atoms with Crippen LogP contribution in [0.3, 0.4) is 0 Å². The van der Waals surface area contributed by atoms with Crippen LogP contribution in [0.1, 0.15) is 53.4 Å². The molecule has 0 aliphatic carbocycles. The lowest BCUT2D eigenvalue weighted by molar-refractivity contribution is 0.279. The van der Waals surface area contributed by atoms with E-state index in [2.05, 4.69) is 53.1 Å². The first-order valence-electron chi connectivity index (χ1n) is 8.09. The Hall–Kier alpha value is -1.69. The Kier molecular flexibility index (Phi) is 3.25. The van der Waals surface area contributed by atoms with Crippen molar-refractivity contribution in [2.45, 2.75) is 58.0 Å². The minimum atomic E-state index is 0.114. The smallest absolute Gasteiger partial charge is 0.225 e. The first-order valence-corrected chi connectivity index (χ1v) is 7.59. The summed E-state index contributed by atoms with van der Waals surface area (Å²) in [6.45, 7) is 9.49. The van der Waals surface area contributed by atoms with Gasteiger partial charge in [0.2, 0.25) is 5.62 Å². The van der Waals surface area contributed by atoms with Gasteiger partial charge in [0.05, 0.1) is 12.2 Å². The van der Waals surface area contributed by atoms with Crippen LogP contribution in [0, 0.1) is 0 Å². The average Bonchev–Trinajstić information content (AvgIpc) is 2.86. The molecule has 0 aromatic carbocycles. The van der Waals surface area contributed by atoms with Crippen molar-refractivity contribution < 1.29 is 1.37 Å². The molecule has 0 amide bonds. The molecule has 1 aliphatic heterocycles. The molecule has 1 unspecified atom stereocenters. The molecule has 1 aliphatic rings. The molecule has 0 radical (unpaired) electrons. The molecule has 114 valence electrons. The lowest BCUT2D eigenvalue weighted by atomic mass is 9.91. The Morgan fingerprint density at radius 2 is 2.33 bits per heavy atom. The Morgan fingerprint density at radius 3 is 3.00 bits per heavy atom. The molecule has 6 nitrogen and oxygen atoms in total. The van der Waals surface area contributed by atoms with E-state index in [9.17, 15) is 0 Å². The van der Waals surface area contributed by atoms with Crippen molar-refractivity contribution in [3.05, 3.63) is 23.7 Å². The lowest BCUT2D eigenvalue weighted by Crippen LogP contribution is -2.48. The lowest BCUT2D eigenvalue weighted by Gasteiger charge is -2.34. The van der Waals surface area contributed by atoms with E-state index in [1.807, 2.05) is 0 Å². The maximum absolute atomic E-state index is 8.03. The number of aromatic nitrogens is 4. The summed E-state index contributed by atoms with van der Waals surface area (Å²) in [4.78, 5) is 12.1. The van der Waals surface area contributed by atoms with Crippen molar-refractivity contribution in [3.8, 4) is 0 Å². The maximum atomic E-state index is 8.03. The number of fused-ring (bicyclic) bond motifs is 1. The van der Waals surface area contributed by atoms with E-state index in [0.717, 1.165) is 30.6 Å². The zero-order valence-corrected chi connectivity index (χ0v) is 13.1. The van der Waals surface area contributed by atoms with E-state index in [1.54, 1.807) is 6.20 Å². The summed E-state index contributed by atoms with van der Waals surface area (Å²) in [6.07, 6.45) is 4.03. The van der Waals surface area contributed by atoms with Gasteiger partial charge in [-0.2, -0.15) is 5.10 Å². The summed E-state index contributed by atoms with van der Waals surface area (Å²) in [5, 5.41) is 7.73. The van der Waals surface area contributed by atoms with Crippen LogP contribution in [0.5, 0.6) is 0 Å². The van der Waals surface area contributed by atoms with Crippen LogP contribution in [-0.2, 0) is 0 Å². The number of rotatable bonds is 2. The standard InChI is InChI=1S/C15H24N6/c1-10(2)12-8-18-21-9-16-14(20-13(12)21)19-11-5-6-15(3,4)17-7-11/h8-11,17H,5-7H2,1-4H3,(H,19,20)/i9D. The van der Waals surface area contributed by atoms with Crippen LogP contribution in [-0.4, -0.2) is 37.7 Å². The van der Waals surface area contributed by atoms with Gasteiger partial charge in [-0.1, -0.05) is 13.8 Å². The van der Waals surface area contributed by atoms with Crippen molar-refractivity contribution >= 4 is 5.65 Å². The third kappa shape index (κ3) is 3.00. The van der Waals surface area contributed by atoms with Crippen LogP contribution in [0.15, 0.2) is 17.5 Å². The van der Waals surface area contributed by atoms with Gasteiger partial charge in [0.1, 0.15) is 13.3 Å². The van der Waals surface area contributed by atoms with Crippen molar-refractivity contribution in [1.29, 1.82) is 0 Å². The summed E-state index contributed by atoms with van der Waals surface area (Å²) in [5.74, 6) is 0.334. The number of nitrogens with one attached hydrogen (secondary N) is 2. The minimum Gasteiger partial charge on any atom is -0.310 e. The van der Waals surface area contributed by atoms with Gasteiger partial charge in [-0.15, -0.1) is 0 Å². The Labute approximate surface area is 126 Å². The molecule has 0 spiro atoms. The molecule has 0 saturated carbocycles. The second kappa shape index (κ2) is 5.26. The second-order valence-corrected chi connectivity index (χ2v) is 6.76. The van der Waals surface area contributed by atoms with Gasteiger partial charge < -0.3 is 10.3 Å². The second-order valence-electron chi connectivity index (χ2n) is 6.76. The number of aromatic amines is 1. The first-order chi connectivity index (χ1) is 10.4. The first kappa shape index (κ1) is 13.0. The number of hydrogen-bond donors (Lipinski definition) is 2. The predicted octanol–water partition coefficient (Wildman–Crippen LogP) is 1.61. The fraction of sp³-hybridized carbons (Fsp3) is 0.667. The number of hydrogen-bond acceptors (Lipinski definition) is 4. The highest BCUT2D eigenvalue weighted by Crippen LogP contribution is 2.19. The topological polar surface area (TPSA) is 70.4 Å². The summed E-state index contributed by atoms with van der Waals surface area (Å²) in [6, 6.07) is 0.198. The van der Waals surface area contributed by atoms with E-state index in [4.69, 9.17) is 1.37 Å². The molecular formula is C15H24N6. The summed E-state index contributed by atoms with van der Waals surface area (Å²) >= 11 is 0. The van der Waals surface area contributed by atoms with Crippen LogP contribution in [0.4, 0.5) is 0 Å². The van der Waals surface area contributed by atoms with Gasteiger partial charge in [0.25, 0.3) is 0 Å². The molecule has 0 bridgehead atoms. The predicted molar refractivity (Wildman–Crippen MR) is 82.1 cm³/mol. The Balaban J connectivity index is 1.97. The van der Waals surface area contributed by atoms with Gasteiger partial charge >= 0.3 is 0 Å². The number of piperidine rings is 1. The van der Waals surface area contributed by atoms with Crippen LogP contribution < -0.4 is 10.9 Å². The fourth-order valence-corrected chi connectivity index (χ4v) is 2.67. The molecule has 1 atom stereocenters. The molecule has 2 N–H and O–H groups in total. The van der Waals surface area contributed by atoms with Crippen molar-refractivity contribution in [1.82, 2.24) is 24.9 Å². The molecule has 1 saturated heterocycles. The van der Waals surface area contributed by atoms with E-state index in [1.165, 1.54) is 4.52 Å². The van der Waals surface area contributed by atoms with Crippen LogP contribution in [0.2, 0.25) is 0 Å². The van der Waals surface area contributed by atoms with Crippen molar-refractivity contribution in [3.63, 3.8) is 0 Å². The number of nitrogens with zero attached hydrogens (tertiary/aromatic N) is 4. The monoisotopic (exact) mass is 289 g/mol. The molecule has 3 rings (SSSR count). The quantitative estimate of drug-likeness (QED) is 0.882. The van der Waals surface area contributed by atoms with E-state index in [0.29, 0.717) is 11.5 Å². The van der Waals surface area contributed by atoms with E-state index >= 15 is 0 Å². The summed E-state index contributed by atoms with van der Waals surface area (Å²) in [5.41, 5.74) is 2.60. The SMILES string of the molecule is [2H]c1nc(=NC2CCC(C)(C)NC2)[nH]c2c(C(C)C)cnn12.